The van der Waals surface area contributed by atoms with E-state index in [4.69, 9.17) is 5.73 Å². The molecule has 1 unspecified atom stereocenters. The van der Waals surface area contributed by atoms with E-state index in [-0.39, 0.29) is 11.8 Å². The standard InChI is InChI=1S/C10H20N2O/c1-8(9(11)13)6-12-7-10(2)4-3-5-10/h8,12H,3-7H2,1-2H3,(H2,11,13). The Morgan fingerprint density at radius 1 is 1.62 bits per heavy atom. The maximum Gasteiger partial charge on any atom is 0.221 e. The molecule has 1 atom stereocenters. The SMILES string of the molecule is CC(CNCC1(C)CCC1)C(N)=O. The first-order chi connectivity index (χ1) is 6.03. The van der Waals surface area contributed by atoms with Gasteiger partial charge in [-0.05, 0) is 18.3 Å². The van der Waals surface area contributed by atoms with Crippen LogP contribution in [-0.4, -0.2) is 19.0 Å². The molecule has 0 aromatic heterocycles. The molecule has 0 aliphatic heterocycles. The van der Waals surface area contributed by atoms with Gasteiger partial charge in [0.25, 0.3) is 0 Å². The van der Waals surface area contributed by atoms with Crippen LogP contribution in [0.2, 0.25) is 0 Å². The van der Waals surface area contributed by atoms with Crippen molar-refractivity contribution in [3.63, 3.8) is 0 Å². The van der Waals surface area contributed by atoms with E-state index in [2.05, 4.69) is 12.2 Å². The van der Waals surface area contributed by atoms with Gasteiger partial charge in [-0.1, -0.05) is 20.3 Å². The number of nitrogens with one attached hydrogen (secondary N) is 1. The largest absolute Gasteiger partial charge is 0.369 e. The quantitative estimate of drug-likeness (QED) is 0.666. The van der Waals surface area contributed by atoms with Crippen LogP contribution >= 0.6 is 0 Å². The average Bonchev–Trinajstić information content (AvgIpc) is 2.01. The molecule has 0 heterocycles. The molecule has 0 bridgehead atoms. The third kappa shape index (κ3) is 2.99. The summed E-state index contributed by atoms with van der Waals surface area (Å²) in [5, 5.41) is 3.31. The highest BCUT2D eigenvalue weighted by Crippen LogP contribution is 2.39. The fraction of sp³-hybridized carbons (Fsp3) is 0.900. The molecule has 1 aliphatic rings. The summed E-state index contributed by atoms with van der Waals surface area (Å²) in [6.07, 6.45) is 3.97. The van der Waals surface area contributed by atoms with Crippen LogP contribution in [0.25, 0.3) is 0 Å². The van der Waals surface area contributed by atoms with E-state index < -0.39 is 0 Å². The fourth-order valence-corrected chi connectivity index (χ4v) is 1.65. The van der Waals surface area contributed by atoms with Crippen LogP contribution in [0.3, 0.4) is 0 Å². The van der Waals surface area contributed by atoms with E-state index in [1.165, 1.54) is 19.3 Å². The summed E-state index contributed by atoms with van der Waals surface area (Å²) in [6, 6.07) is 0. The Hall–Kier alpha value is -0.570. The van der Waals surface area contributed by atoms with Gasteiger partial charge in [-0.3, -0.25) is 4.79 Å². The van der Waals surface area contributed by atoms with E-state index >= 15 is 0 Å². The molecule has 3 nitrogen and oxygen atoms in total. The zero-order chi connectivity index (χ0) is 9.90. The molecule has 0 spiro atoms. The van der Waals surface area contributed by atoms with E-state index in [9.17, 15) is 4.79 Å². The van der Waals surface area contributed by atoms with Crippen molar-refractivity contribution < 1.29 is 4.79 Å². The second-order valence-corrected chi connectivity index (χ2v) is 4.60. The summed E-state index contributed by atoms with van der Waals surface area (Å²) in [7, 11) is 0. The first kappa shape index (κ1) is 10.5. The Bertz CT molecular complexity index is 187. The van der Waals surface area contributed by atoms with E-state index in [0.717, 1.165) is 6.54 Å². The highest BCUT2D eigenvalue weighted by molar-refractivity contribution is 5.76. The van der Waals surface area contributed by atoms with E-state index in [1.54, 1.807) is 0 Å². The molecule has 0 aromatic carbocycles. The molecule has 13 heavy (non-hydrogen) atoms. The lowest BCUT2D eigenvalue weighted by atomic mass is 9.70. The van der Waals surface area contributed by atoms with Crippen LogP contribution in [0.1, 0.15) is 33.1 Å². The summed E-state index contributed by atoms with van der Waals surface area (Å²) in [5.74, 6) is -0.269. The lowest BCUT2D eigenvalue weighted by molar-refractivity contribution is -0.121. The lowest BCUT2D eigenvalue weighted by Gasteiger charge is -2.38. The van der Waals surface area contributed by atoms with Gasteiger partial charge in [0.15, 0.2) is 0 Å². The van der Waals surface area contributed by atoms with Gasteiger partial charge in [0.2, 0.25) is 5.91 Å². The van der Waals surface area contributed by atoms with Crippen LogP contribution in [0.15, 0.2) is 0 Å². The lowest BCUT2D eigenvalue weighted by Crippen LogP contribution is -2.40. The van der Waals surface area contributed by atoms with Crippen molar-refractivity contribution in [2.45, 2.75) is 33.1 Å². The van der Waals surface area contributed by atoms with Gasteiger partial charge in [0, 0.05) is 19.0 Å². The van der Waals surface area contributed by atoms with Crippen LogP contribution in [0, 0.1) is 11.3 Å². The number of nitrogens with two attached hydrogens (primary N) is 1. The van der Waals surface area contributed by atoms with Crippen molar-refractivity contribution in [2.24, 2.45) is 17.1 Å². The van der Waals surface area contributed by atoms with Crippen molar-refractivity contribution >= 4 is 5.91 Å². The molecule has 0 saturated heterocycles. The molecule has 0 radical (unpaired) electrons. The summed E-state index contributed by atoms with van der Waals surface area (Å²) in [6.45, 7) is 5.88. The van der Waals surface area contributed by atoms with Gasteiger partial charge in [0.05, 0.1) is 0 Å². The van der Waals surface area contributed by atoms with E-state index in [0.29, 0.717) is 12.0 Å². The Kier molecular flexibility index (Phi) is 3.31. The Morgan fingerprint density at radius 2 is 2.23 bits per heavy atom. The fourth-order valence-electron chi connectivity index (χ4n) is 1.65. The topological polar surface area (TPSA) is 55.1 Å². The zero-order valence-corrected chi connectivity index (χ0v) is 8.60. The number of hydrogen-bond donors (Lipinski definition) is 2. The number of carbonyl (C=O) groups excluding carboxylic acids is 1. The molecular weight excluding hydrogens is 164 g/mol. The first-order valence-corrected chi connectivity index (χ1v) is 5.03. The maximum atomic E-state index is 10.7. The minimum absolute atomic E-state index is 0.0522. The number of hydrogen-bond acceptors (Lipinski definition) is 2. The van der Waals surface area contributed by atoms with Gasteiger partial charge in [-0.15, -0.1) is 0 Å². The van der Waals surface area contributed by atoms with Gasteiger partial charge in [-0.2, -0.15) is 0 Å². The average molecular weight is 184 g/mol. The molecule has 3 N–H and O–H groups in total. The van der Waals surface area contributed by atoms with Crippen molar-refractivity contribution in [3.05, 3.63) is 0 Å². The second kappa shape index (κ2) is 4.09. The number of rotatable bonds is 5. The van der Waals surface area contributed by atoms with Gasteiger partial charge < -0.3 is 11.1 Å². The van der Waals surface area contributed by atoms with Gasteiger partial charge in [-0.25, -0.2) is 0 Å². The van der Waals surface area contributed by atoms with Crippen molar-refractivity contribution in [1.82, 2.24) is 5.32 Å². The van der Waals surface area contributed by atoms with Gasteiger partial charge in [0.1, 0.15) is 0 Å². The minimum Gasteiger partial charge on any atom is -0.369 e. The molecule has 1 amide bonds. The molecule has 76 valence electrons. The summed E-state index contributed by atoms with van der Waals surface area (Å²) < 4.78 is 0. The Morgan fingerprint density at radius 3 is 2.62 bits per heavy atom. The summed E-state index contributed by atoms with van der Waals surface area (Å²) in [5.41, 5.74) is 5.64. The summed E-state index contributed by atoms with van der Waals surface area (Å²) in [4.78, 5) is 10.7. The number of amides is 1. The highest BCUT2D eigenvalue weighted by Gasteiger charge is 2.31. The third-order valence-corrected chi connectivity index (χ3v) is 3.05. The zero-order valence-electron chi connectivity index (χ0n) is 8.60. The number of primary amides is 1. The maximum absolute atomic E-state index is 10.7. The molecule has 3 heteroatoms. The molecule has 1 aliphatic carbocycles. The van der Waals surface area contributed by atoms with Crippen LogP contribution in [0.4, 0.5) is 0 Å². The van der Waals surface area contributed by atoms with E-state index in [1.807, 2.05) is 6.92 Å². The molecule has 1 rings (SSSR count). The molecular formula is C10H20N2O. The van der Waals surface area contributed by atoms with Gasteiger partial charge >= 0.3 is 0 Å². The third-order valence-electron chi connectivity index (χ3n) is 3.05. The van der Waals surface area contributed by atoms with Crippen LogP contribution in [0.5, 0.6) is 0 Å². The van der Waals surface area contributed by atoms with Crippen molar-refractivity contribution in [1.29, 1.82) is 0 Å². The van der Waals surface area contributed by atoms with Crippen LogP contribution < -0.4 is 11.1 Å². The van der Waals surface area contributed by atoms with Crippen LogP contribution in [-0.2, 0) is 4.79 Å². The predicted octanol–water partition coefficient (Wildman–Crippen LogP) is 0.888. The van der Waals surface area contributed by atoms with Crippen molar-refractivity contribution in [2.75, 3.05) is 13.1 Å². The molecule has 1 fully saturated rings. The van der Waals surface area contributed by atoms with Crippen molar-refractivity contribution in [3.8, 4) is 0 Å². The molecule has 0 aromatic rings. The normalized spacial score (nSPS) is 22.0. The smallest absolute Gasteiger partial charge is 0.221 e. The first-order valence-electron chi connectivity index (χ1n) is 5.03. The second-order valence-electron chi connectivity index (χ2n) is 4.60. The minimum atomic E-state index is -0.216. The monoisotopic (exact) mass is 184 g/mol. The molecule has 1 saturated carbocycles. The summed E-state index contributed by atoms with van der Waals surface area (Å²) >= 11 is 0. The Balaban J connectivity index is 2.10. The number of carbonyl (C=O) groups is 1. The highest BCUT2D eigenvalue weighted by atomic mass is 16.1. The predicted molar refractivity (Wildman–Crippen MR) is 53.2 cm³/mol. The Labute approximate surface area is 80.1 Å².